The van der Waals surface area contributed by atoms with Gasteiger partial charge in [-0.05, 0) is 92.7 Å². The van der Waals surface area contributed by atoms with Crippen molar-refractivity contribution in [1.29, 1.82) is 5.26 Å². The lowest BCUT2D eigenvalue weighted by molar-refractivity contribution is 0.101. The first kappa shape index (κ1) is 29.7. The lowest BCUT2D eigenvalue weighted by Crippen LogP contribution is -2.35. The van der Waals surface area contributed by atoms with Gasteiger partial charge >= 0.3 is 0 Å². The van der Waals surface area contributed by atoms with Crippen molar-refractivity contribution in [2.45, 2.75) is 23.0 Å². The van der Waals surface area contributed by atoms with Crippen molar-refractivity contribution in [3.8, 4) is 6.07 Å². The quantitative estimate of drug-likeness (QED) is 0.218. The highest BCUT2D eigenvalue weighted by atomic mass is 35.5. The van der Waals surface area contributed by atoms with Crippen LogP contribution >= 0.6 is 11.6 Å². The standard InChI is InChI=1S/C30H26ClN7O4S/c31-27-10-7-22(36-28(39)20-3-1-19(16-32)2-4-20)15-26(27)29(40)37-23-17-34-30(35-18-23)38-21-5-8-24(9-6-21)43(41,42)25-11-13-33-14-12-25/h1-10,15,17-18,25,33H,11-14H2,(H,36,39)(H,37,40)(H,34,35,38). The number of anilines is 4. The Morgan fingerprint density at radius 2 is 1.49 bits per heavy atom. The zero-order valence-electron chi connectivity index (χ0n) is 22.7. The number of sulfone groups is 1. The van der Waals surface area contributed by atoms with E-state index in [4.69, 9.17) is 16.9 Å². The summed E-state index contributed by atoms with van der Waals surface area (Å²) in [6.07, 6.45) is 4.00. The number of halogens is 1. The van der Waals surface area contributed by atoms with E-state index >= 15 is 0 Å². The number of nitriles is 1. The molecule has 0 atom stereocenters. The van der Waals surface area contributed by atoms with Gasteiger partial charge in [-0.1, -0.05) is 11.6 Å². The molecule has 2 heterocycles. The van der Waals surface area contributed by atoms with Gasteiger partial charge in [0.2, 0.25) is 5.95 Å². The van der Waals surface area contributed by atoms with E-state index in [1.165, 1.54) is 48.8 Å². The van der Waals surface area contributed by atoms with E-state index in [2.05, 4.69) is 31.2 Å². The first-order valence-corrected chi connectivity index (χ1v) is 15.2. The normalized spacial score (nSPS) is 13.5. The molecule has 0 aliphatic carbocycles. The summed E-state index contributed by atoms with van der Waals surface area (Å²) in [5.41, 5.74) is 2.18. The molecule has 1 saturated heterocycles. The van der Waals surface area contributed by atoms with E-state index in [1.807, 2.05) is 6.07 Å². The zero-order chi connectivity index (χ0) is 30.4. The Balaban J connectivity index is 1.20. The highest BCUT2D eigenvalue weighted by molar-refractivity contribution is 7.92. The van der Waals surface area contributed by atoms with E-state index < -0.39 is 21.7 Å². The summed E-state index contributed by atoms with van der Waals surface area (Å²) in [5, 5.41) is 20.3. The second-order valence-electron chi connectivity index (χ2n) is 9.73. The number of amides is 2. The van der Waals surface area contributed by atoms with Gasteiger partial charge in [-0.2, -0.15) is 5.26 Å². The molecule has 218 valence electrons. The largest absolute Gasteiger partial charge is 0.324 e. The maximum absolute atomic E-state index is 13.0. The van der Waals surface area contributed by atoms with E-state index in [0.717, 1.165) is 0 Å². The molecule has 1 aliphatic rings. The first-order valence-electron chi connectivity index (χ1n) is 13.3. The van der Waals surface area contributed by atoms with Crippen molar-refractivity contribution in [2.24, 2.45) is 0 Å². The fraction of sp³-hybridized carbons (Fsp3) is 0.167. The van der Waals surface area contributed by atoms with Gasteiger partial charge in [0, 0.05) is 16.9 Å². The Morgan fingerprint density at radius 3 is 2.14 bits per heavy atom. The molecular formula is C30H26ClN7O4S. The maximum atomic E-state index is 13.0. The van der Waals surface area contributed by atoms with Crippen molar-refractivity contribution < 1.29 is 18.0 Å². The summed E-state index contributed by atoms with van der Waals surface area (Å²) in [5.74, 6) is -0.695. The Kier molecular flexibility index (Phi) is 8.96. The molecule has 5 rings (SSSR count). The van der Waals surface area contributed by atoms with Crippen LogP contribution in [-0.2, 0) is 9.84 Å². The average Bonchev–Trinajstić information content (AvgIpc) is 3.03. The van der Waals surface area contributed by atoms with E-state index in [0.29, 0.717) is 54.1 Å². The maximum Gasteiger partial charge on any atom is 0.257 e. The van der Waals surface area contributed by atoms with Crippen LogP contribution in [0.4, 0.5) is 23.0 Å². The Hall–Kier alpha value is -4.83. The van der Waals surface area contributed by atoms with Gasteiger partial charge in [-0.3, -0.25) is 9.59 Å². The smallest absolute Gasteiger partial charge is 0.257 e. The molecule has 1 aromatic heterocycles. The minimum Gasteiger partial charge on any atom is -0.324 e. The number of piperidine rings is 1. The minimum absolute atomic E-state index is 0.126. The Bertz CT molecular complexity index is 1780. The van der Waals surface area contributed by atoms with Gasteiger partial charge in [0.15, 0.2) is 9.84 Å². The third-order valence-electron chi connectivity index (χ3n) is 6.82. The highest BCUT2D eigenvalue weighted by Crippen LogP contribution is 2.25. The fourth-order valence-electron chi connectivity index (χ4n) is 4.49. The molecule has 0 spiro atoms. The lowest BCUT2D eigenvalue weighted by atomic mass is 10.1. The van der Waals surface area contributed by atoms with Crippen LogP contribution in [0.2, 0.25) is 5.02 Å². The molecule has 1 aliphatic heterocycles. The topological polar surface area (TPSA) is 166 Å². The molecule has 0 saturated carbocycles. The number of aromatic nitrogens is 2. The van der Waals surface area contributed by atoms with Crippen molar-refractivity contribution >= 4 is 56.3 Å². The van der Waals surface area contributed by atoms with Gasteiger partial charge in [0.05, 0.1) is 50.4 Å². The molecule has 13 heteroatoms. The monoisotopic (exact) mass is 615 g/mol. The van der Waals surface area contributed by atoms with Crippen LogP contribution < -0.4 is 21.3 Å². The van der Waals surface area contributed by atoms with Crippen molar-refractivity contribution in [1.82, 2.24) is 15.3 Å². The van der Waals surface area contributed by atoms with Gasteiger partial charge in [-0.25, -0.2) is 18.4 Å². The van der Waals surface area contributed by atoms with Crippen LogP contribution in [0, 0.1) is 11.3 Å². The van der Waals surface area contributed by atoms with Crippen LogP contribution in [0.25, 0.3) is 0 Å². The first-order chi connectivity index (χ1) is 20.7. The van der Waals surface area contributed by atoms with Crippen LogP contribution in [0.1, 0.15) is 39.1 Å². The number of benzene rings is 3. The number of hydrogen-bond donors (Lipinski definition) is 4. The van der Waals surface area contributed by atoms with Gasteiger partial charge in [0.1, 0.15) is 0 Å². The highest BCUT2D eigenvalue weighted by Gasteiger charge is 2.28. The van der Waals surface area contributed by atoms with Crippen LogP contribution in [0.15, 0.2) is 84.0 Å². The number of carbonyl (C=O) groups excluding carboxylic acids is 2. The van der Waals surface area contributed by atoms with E-state index in [9.17, 15) is 18.0 Å². The van der Waals surface area contributed by atoms with E-state index in [-0.39, 0.29) is 26.7 Å². The number of nitrogens with zero attached hydrogens (tertiary/aromatic N) is 3. The minimum atomic E-state index is -3.40. The van der Waals surface area contributed by atoms with Gasteiger partial charge < -0.3 is 21.3 Å². The molecular weight excluding hydrogens is 590 g/mol. The van der Waals surface area contributed by atoms with Crippen molar-refractivity contribution in [3.05, 3.63) is 101 Å². The molecule has 0 radical (unpaired) electrons. The van der Waals surface area contributed by atoms with Crippen LogP contribution in [0.5, 0.6) is 0 Å². The number of rotatable bonds is 8. The van der Waals surface area contributed by atoms with Crippen molar-refractivity contribution in [3.63, 3.8) is 0 Å². The zero-order valence-corrected chi connectivity index (χ0v) is 24.2. The predicted octanol–water partition coefficient (Wildman–Crippen LogP) is 4.78. The predicted molar refractivity (Wildman–Crippen MR) is 163 cm³/mol. The summed E-state index contributed by atoms with van der Waals surface area (Å²) in [6, 6.07) is 19.1. The van der Waals surface area contributed by atoms with Crippen LogP contribution in [0.3, 0.4) is 0 Å². The van der Waals surface area contributed by atoms with E-state index in [1.54, 1.807) is 30.3 Å². The third-order valence-corrected chi connectivity index (χ3v) is 9.43. The summed E-state index contributed by atoms with van der Waals surface area (Å²) in [6.45, 7) is 1.38. The summed E-state index contributed by atoms with van der Waals surface area (Å²) in [7, 11) is -3.40. The molecule has 4 N–H and O–H groups in total. The summed E-state index contributed by atoms with van der Waals surface area (Å²) < 4.78 is 25.8. The Labute approximate surface area is 253 Å². The lowest BCUT2D eigenvalue weighted by Gasteiger charge is -2.22. The molecule has 11 nitrogen and oxygen atoms in total. The molecule has 43 heavy (non-hydrogen) atoms. The summed E-state index contributed by atoms with van der Waals surface area (Å²) in [4.78, 5) is 34.2. The summed E-state index contributed by atoms with van der Waals surface area (Å²) >= 11 is 6.26. The molecule has 3 aromatic carbocycles. The van der Waals surface area contributed by atoms with Crippen molar-refractivity contribution in [2.75, 3.05) is 29.0 Å². The number of nitrogens with one attached hydrogen (secondary N) is 4. The second-order valence-corrected chi connectivity index (χ2v) is 12.4. The molecule has 2 amide bonds. The second kappa shape index (κ2) is 13.0. The average molecular weight is 616 g/mol. The number of carbonyl (C=O) groups is 2. The SMILES string of the molecule is N#Cc1ccc(C(=O)Nc2ccc(Cl)c(C(=O)Nc3cnc(Nc4ccc(S(=O)(=O)C5CCNCC5)cc4)nc3)c2)cc1. The van der Waals surface area contributed by atoms with Gasteiger partial charge in [0.25, 0.3) is 11.8 Å². The Morgan fingerprint density at radius 1 is 0.860 bits per heavy atom. The molecule has 0 unspecified atom stereocenters. The fourth-order valence-corrected chi connectivity index (χ4v) is 6.45. The van der Waals surface area contributed by atoms with Crippen LogP contribution in [-0.4, -0.2) is 48.5 Å². The van der Waals surface area contributed by atoms with Gasteiger partial charge in [-0.15, -0.1) is 0 Å². The molecule has 0 bridgehead atoms. The molecule has 1 fully saturated rings. The third kappa shape index (κ3) is 7.15. The molecule has 4 aromatic rings. The number of hydrogen-bond acceptors (Lipinski definition) is 9.